The topological polar surface area (TPSA) is 59.8 Å². The molecule has 0 saturated carbocycles. The molecule has 0 aliphatic carbocycles. The predicted octanol–water partition coefficient (Wildman–Crippen LogP) is 2.72. The van der Waals surface area contributed by atoms with Gasteiger partial charge in [0.05, 0.1) is 11.4 Å². The Kier molecular flexibility index (Phi) is 3.99. The number of carbonyl (C=O) groups excluding carboxylic acids is 1. The maximum absolute atomic E-state index is 12.2. The van der Waals surface area contributed by atoms with Gasteiger partial charge in [0.15, 0.2) is 5.13 Å². The van der Waals surface area contributed by atoms with E-state index in [0.29, 0.717) is 5.13 Å². The zero-order valence-electron chi connectivity index (χ0n) is 11.6. The van der Waals surface area contributed by atoms with E-state index in [1.54, 1.807) is 4.68 Å². The van der Waals surface area contributed by atoms with Crippen LogP contribution in [0, 0.1) is 13.8 Å². The summed E-state index contributed by atoms with van der Waals surface area (Å²) in [6.07, 6.45) is 0.874. The van der Waals surface area contributed by atoms with Crippen LogP contribution in [0.3, 0.4) is 0 Å². The van der Waals surface area contributed by atoms with Crippen LogP contribution in [0.1, 0.15) is 37.0 Å². The number of anilines is 1. The van der Waals surface area contributed by atoms with Gasteiger partial charge in [-0.2, -0.15) is 5.10 Å². The number of amides is 1. The number of hydrogen-bond acceptors (Lipinski definition) is 4. The largest absolute Gasteiger partial charge is 0.300 e. The van der Waals surface area contributed by atoms with Crippen molar-refractivity contribution >= 4 is 22.4 Å². The Labute approximate surface area is 116 Å². The monoisotopic (exact) mass is 278 g/mol. The molecule has 6 heteroatoms. The first-order chi connectivity index (χ1) is 9.01. The van der Waals surface area contributed by atoms with Gasteiger partial charge in [0, 0.05) is 11.1 Å². The Hall–Kier alpha value is -1.69. The van der Waals surface area contributed by atoms with Gasteiger partial charge in [-0.15, -0.1) is 11.3 Å². The summed E-state index contributed by atoms with van der Waals surface area (Å²) in [7, 11) is 0. The Morgan fingerprint density at radius 3 is 2.79 bits per heavy atom. The van der Waals surface area contributed by atoms with Crippen LogP contribution in [0.15, 0.2) is 11.4 Å². The van der Waals surface area contributed by atoms with E-state index in [1.807, 2.05) is 39.1 Å². The van der Waals surface area contributed by atoms with Crippen molar-refractivity contribution in [3.05, 3.63) is 28.5 Å². The normalized spacial score (nSPS) is 12.4. The van der Waals surface area contributed by atoms with Crippen LogP contribution < -0.4 is 5.32 Å². The van der Waals surface area contributed by atoms with E-state index in [2.05, 4.69) is 15.4 Å². The average Bonchev–Trinajstić information content (AvgIpc) is 2.94. The standard InChI is InChI=1S/C13H18N4OS/c1-5-11-7-19-13(14-11)15-12(18)10(4)17-9(3)6-8(2)16-17/h6-7,10H,5H2,1-4H3,(H,14,15,18)/t10-/m0/s1. The number of hydrogen-bond donors (Lipinski definition) is 1. The lowest BCUT2D eigenvalue weighted by molar-refractivity contribution is -0.119. The molecule has 102 valence electrons. The second-order valence-electron chi connectivity index (χ2n) is 4.53. The molecule has 0 unspecified atom stereocenters. The number of thiazole rings is 1. The summed E-state index contributed by atoms with van der Waals surface area (Å²) in [4.78, 5) is 16.5. The van der Waals surface area contributed by atoms with E-state index in [0.717, 1.165) is 23.5 Å². The Morgan fingerprint density at radius 1 is 1.53 bits per heavy atom. The van der Waals surface area contributed by atoms with Crippen LogP contribution >= 0.6 is 11.3 Å². The lowest BCUT2D eigenvalue weighted by atomic mass is 10.3. The van der Waals surface area contributed by atoms with Crippen molar-refractivity contribution in [1.82, 2.24) is 14.8 Å². The first-order valence-electron chi connectivity index (χ1n) is 6.29. The molecule has 0 fully saturated rings. The molecule has 5 nitrogen and oxygen atoms in total. The minimum Gasteiger partial charge on any atom is -0.300 e. The number of aromatic nitrogens is 3. The van der Waals surface area contributed by atoms with Crippen LogP contribution in [0.25, 0.3) is 0 Å². The fourth-order valence-electron chi connectivity index (χ4n) is 1.89. The minimum absolute atomic E-state index is 0.0943. The Bertz CT molecular complexity index is 587. The molecule has 1 atom stereocenters. The average molecular weight is 278 g/mol. The van der Waals surface area contributed by atoms with Crippen LogP contribution in [0.2, 0.25) is 0 Å². The van der Waals surface area contributed by atoms with Crippen LogP contribution in [0.4, 0.5) is 5.13 Å². The van der Waals surface area contributed by atoms with Crippen molar-refractivity contribution in [2.45, 2.75) is 40.2 Å². The highest BCUT2D eigenvalue weighted by Crippen LogP contribution is 2.18. The number of nitrogens with zero attached hydrogens (tertiary/aromatic N) is 3. The van der Waals surface area contributed by atoms with Gasteiger partial charge in [-0.05, 0) is 33.3 Å². The van der Waals surface area contributed by atoms with E-state index >= 15 is 0 Å². The van der Waals surface area contributed by atoms with Gasteiger partial charge in [-0.25, -0.2) is 4.98 Å². The highest BCUT2D eigenvalue weighted by molar-refractivity contribution is 7.13. The van der Waals surface area contributed by atoms with E-state index in [1.165, 1.54) is 11.3 Å². The van der Waals surface area contributed by atoms with E-state index in [-0.39, 0.29) is 11.9 Å². The number of rotatable bonds is 4. The highest BCUT2D eigenvalue weighted by atomic mass is 32.1. The molecular formula is C13H18N4OS. The molecule has 0 bridgehead atoms. The summed E-state index contributed by atoms with van der Waals surface area (Å²) >= 11 is 1.45. The third-order valence-corrected chi connectivity index (χ3v) is 3.74. The highest BCUT2D eigenvalue weighted by Gasteiger charge is 2.18. The lowest BCUT2D eigenvalue weighted by Crippen LogP contribution is -2.25. The summed E-state index contributed by atoms with van der Waals surface area (Å²) in [5.74, 6) is -0.0943. The van der Waals surface area contributed by atoms with Crippen molar-refractivity contribution in [3.8, 4) is 0 Å². The third kappa shape index (κ3) is 3.01. The van der Waals surface area contributed by atoms with Crippen LogP contribution in [0.5, 0.6) is 0 Å². The molecule has 0 spiro atoms. The minimum atomic E-state index is -0.345. The number of nitrogens with one attached hydrogen (secondary N) is 1. The second-order valence-corrected chi connectivity index (χ2v) is 5.39. The molecule has 0 saturated heterocycles. The van der Waals surface area contributed by atoms with Crippen molar-refractivity contribution in [2.75, 3.05) is 5.32 Å². The van der Waals surface area contributed by atoms with Crippen molar-refractivity contribution in [1.29, 1.82) is 0 Å². The summed E-state index contributed by atoms with van der Waals surface area (Å²) in [5, 5.41) is 9.78. The Balaban J connectivity index is 2.09. The van der Waals surface area contributed by atoms with Gasteiger partial charge in [0.2, 0.25) is 0 Å². The lowest BCUT2D eigenvalue weighted by Gasteiger charge is -2.13. The molecule has 0 aliphatic rings. The summed E-state index contributed by atoms with van der Waals surface area (Å²) in [6, 6.07) is 1.62. The molecule has 0 aliphatic heterocycles. The van der Waals surface area contributed by atoms with Crippen molar-refractivity contribution < 1.29 is 4.79 Å². The molecule has 2 rings (SSSR count). The number of aryl methyl sites for hydroxylation is 3. The van der Waals surface area contributed by atoms with Gasteiger partial charge in [0.25, 0.3) is 5.91 Å². The summed E-state index contributed by atoms with van der Waals surface area (Å²) in [5.41, 5.74) is 2.90. The molecule has 2 aromatic rings. The summed E-state index contributed by atoms with van der Waals surface area (Å²) < 4.78 is 1.74. The molecule has 2 aromatic heterocycles. The van der Waals surface area contributed by atoms with Gasteiger partial charge >= 0.3 is 0 Å². The van der Waals surface area contributed by atoms with Crippen molar-refractivity contribution in [2.24, 2.45) is 0 Å². The SMILES string of the molecule is CCc1csc(NC(=O)[C@H](C)n2nc(C)cc2C)n1. The molecule has 0 aromatic carbocycles. The van der Waals surface area contributed by atoms with Gasteiger partial charge in [0.1, 0.15) is 6.04 Å². The first kappa shape index (κ1) is 13.7. The predicted molar refractivity (Wildman–Crippen MR) is 76.5 cm³/mol. The smallest absolute Gasteiger partial charge is 0.250 e. The molecular weight excluding hydrogens is 260 g/mol. The van der Waals surface area contributed by atoms with Crippen LogP contribution in [-0.2, 0) is 11.2 Å². The van der Waals surface area contributed by atoms with Crippen molar-refractivity contribution in [3.63, 3.8) is 0 Å². The van der Waals surface area contributed by atoms with E-state index < -0.39 is 0 Å². The second kappa shape index (κ2) is 5.52. The molecule has 1 amide bonds. The van der Waals surface area contributed by atoms with Gasteiger partial charge in [-0.1, -0.05) is 6.92 Å². The maximum Gasteiger partial charge on any atom is 0.250 e. The van der Waals surface area contributed by atoms with E-state index in [4.69, 9.17) is 0 Å². The fourth-order valence-corrected chi connectivity index (χ4v) is 2.68. The molecule has 0 radical (unpaired) electrons. The zero-order valence-corrected chi connectivity index (χ0v) is 12.4. The maximum atomic E-state index is 12.2. The van der Waals surface area contributed by atoms with E-state index in [9.17, 15) is 4.79 Å². The molecule has 1 N–H and O–H groups in total. The quantitative estimate of drug-likeness (QED) is 0.935. The van der Waals surface area contributed by atoms with Crippen LogP contribution in [-0.4, -0.2) is 20.7 Å². The Morgan fingerprint density at radius 2 is 2.26 bits per heavy atom. The summed E-state index contributed by atoms with van der Waals surface area (Å²) in [6.45, 7) is 7.74. The fraction of sp³-hybridized carbons (Fsp3) is 0.462. The number of carbonyl (C=O) groups is 1. The molecule has 2 heterocycles. The third-order valence-electron chi connectivity index (χ3n) is 2.94. The molecule has 19 heavy (non-hydrogen) atoms. The van der Waals surface area contributed by atoms with Gasteiger partial charge < -0.3 is 5.32 Å². The zero-order chi connectivity index (χ0) is 14.0. The van der Waals surface area contributed by atoms with Gasteiger partial charge in [-0.3, -0.25) is 9.48 Å². The first-order valence-corrected chi connectivity index (χ1v) is 7.17.